The summed E-state index contributed by atoms with van der Waals surface area (Å²) in [5, 5.41) is 12.0. The Kier molecular flexibility index (Phi) is 4.72. The highest BCUT2D eigenvalue weighted by molar-refractivity contribution is 6.30. The van der Waals surface area contributed by atoms with Crippen LogP contribution in [0.3, 0.4) is 0 Å². The Labute approximate surface area is 167 Å². The van der Waals surface area contributed by atoms with Crippen LogP contribution in [0.1, 0.15) is 12.5 Å². The molecule has 0 aliphatic rings. The summed E-state index contributed by atoms with van der Waals surface area (Å²) in [6, 6.07) is 23.7. The summed E-state index contributed by atoms with van der Waals surface area (Å²) in [7, 11) is 0. The Morgan fingerprint density at radius 3 is 2.43 bits per heavy atom. The van der Waals surface area contributed by atoms with Crippen molar-refractivity contribution in [3.8, 4) is 11.4 Å². The normalized spacial score (nSPS) is 11.7. The van der Waals surface area contributed by atoms with E-state index in [2.05, 4.69) is 4.99 Å². The number of rotatable bonds is 3. The molecule has 4 aromatic rings. The highest BCUT2D eigenvalue weighted by Gasteiger charge is 2.19. The molecule has 4 rings (SSSR count). The van der Waals surface area contributed by atoms with Crippen LogP contribution < -0.4 is 5.56 Å². The lowest BCUT2D eigenvalue weighted by Gasteiger charge is -2.15. The highest BCUT2D eigenvalue weighted by Crippen LogP contribution is 2.29. The monoisotopic (exact) mass is 388 g/mol. The van der Waals surface area contributed by atoms with Gasteiger partial charge in [0.25, 0.3) is 5.56 Å². The number of pyridine rings is 1. The fourth-order valence-electron chi connectivity index (χ4n) is 3.28. The molecular weight excluding hydrogens is 372 g/mol. The van der Waals surface area contributed by atoms with E-state index in [1.807, 2.05) is 48.5 Å². The molecule has 0 saturated carbocycles. The SMILES string of the molecule is CC(=Nc1cccc(Cl)c1)c1c(O)c2ccccc2n(-c2ccccc2)c1=O. The average molecular weight is 389 g/mol. The number of benzene rings is 3. The predicted molar refractivity (Wildman–Crippen MR) is 115 cm³/mol. The third kappa shape index (κ3) is 3.19. The maximum Gasteiger partial charge on any atom is 0.268 e. The molecule has 5 heteroatoms. The van der Waals surface area contributed by atoms with Crippen LogP contribution in [0.2, 0.25) is 5.02 Å². The topological polar surface area (TPSA) is 54.6 Å². The third-order valence-corrected chi connectivity index (χ3v) is 4.77. The second-order valence-corrected chi connectivity index (χ2v) is 6.83. The minimum absolute atomic E-state index is 0.0731. The van der Waals surface area contributed by atoms with Gasteiger partial charge >= 0.3 is 0 Å². The van der Waals surface area contributed by atoms with Gasteiger partial charge < -0.3 is 5.11 Å². The van der Waals surface area contributed by atoms with E-state index in [1.165, 1.54) is 0 Å². The summed E-state index contributed by atoms with van der Waals surface area (Å²) in [4.78, 5) is 17.9. The first-order valence-electron chi connectivity index (χ1n) is 8.79. The summed E-state index contributed by atoms with van der Waals surface area (Å²) in [6.07, 6.45) is 0. The third-order valence-electron chi connectivity index (χ3n) is 4.54. The van der Waals surface area contributed by atoms with E-state index in [4.69, 9.17) is 11.6 Å². The summed E-state index contributed by atoms with van der Waals surface area (Å²) in [6.45, 7) is 1.71. The minimum Gasteiger partial charge on any atom is -0.506 e. The quantitative estimate of drug-likeness (QED) is 0.472. The summed E-state index contributed by atoms with van der Waals surface area (Å²) in [5.41, 5.74) is 2.23. The molecule has 138 valence electrons. The molecule has 1 heterocycles. The van der Waals surface area contributed by atoms with Gasteiger partial charge in [-0.1, -0.05) is 48.0 Å². The molecule has 0 aliphatic heterocycles. The lowest BCUT2D eigenvalue weighted by atomic mass is 10.1. The van der Waals surface area contributed by atoms with Crippen LogP contribution in [0, 0.1) is 0 Å². The first-order valence-corrected chi connectivity index (χ1v) is 9.17. The van der Waals surface area contributed by atoms with E-state index in [0.29, 0.717) is 27.3 Å². The van der Waals surface area contributed by atoms with E-state index < -0.39 is 0 Å². The summed E-state index contributed by atoms with van der Waals surface area (Å²) < 4.78 is 1.60. The minimum atomic E-state index is -0.328. The van der Waals surface area contributed by atoms with E-state index >= 15 is 0 Å². The molecule has 4 nitrogen and oxygen atoms in total. The number of para-hydroxylation sites is 2. The van der Waals surface area contributed by atoms with E-state index in [-0.39, 0.29) is 16.9 Å². The second kappa shape index (κ2) is 7.33. The first-order chi connectivity index (χ1) is 13.6. The standard InChI is InChI=1S/C23H17ClN2O2/c1-15(25-17-9-7-8-16(24)14-17)21-22(27)19-12-5-6-13-20(19)26(23(21)28)18-10-3-2-4-11-18/h2-14,27H,1H3. The molecule has 0 radical (unpaired) electrons. The number of hydrogen-bond acceptors (Lipinski definition) is 3. The predicted octanol–water partition coefficient (Wildman–Crippen LogP) is 5.49. The maximum absolute atomic E-state index is 13.4. The Balaban J connectivity index is 2.03. The van der Waals surface area contributed by atoms with Crippen molar-refractivity contribution < 1.29 is 5.11 Å². The number of aromatic nitrogens is 1. The van der Waals surface area contributed by atoms with Gasteiger partial charge in [-0.2, -0.15) is 0 Å². The lowest BCUT2D eigenvalue weighted by molar-refractivity contribution is 0.478. The lowest BCUT2D eigenvalue weighted by Crippen LogP contribution is -2.25. The molecule has 1 aromatic heterocycles. The van der Waals surface area contributed by atoms with Crippen LogP contribution in [0.25, 0.3) is 16.6 Å². The van der Waals surface area contributed by atoms with Crippen molar-refractivity contribution in [2.24, 2.45) is 4.99 Å². The van der Waals surface area contributed by atoms with Gasteiger partial charge in [-0.25, -0.2) is 0 Å². The fourth-order valence-corrected chi connectivity index (χ4v) is 3.47. The molecule has 3 aromatic carbocycles. The molecule has 1 N–H and O–H groups in total. The molecule has 28 heavy (non-hydrogen) atoms. The van der Waals surface area contributed by atoms with Crippen molar-refractivity contribution in [3.63, 3.8) is 0 Å². The van der Waals surface area contributed by atoms with Crippen molar-refractivity contribution in [3.05, 3.63) is 99.8 Å². The van der Waals surface area contributed by atoms with Gasteiger partial charge in [0.2, 0.25) is 0 Å². The van der Waals surface area contributed by atoms with Crippen molar-refractivity contribution in [1.82, 2.24) is 4.57 Å². The molecule has 0 saturated heterocycles. The van der Waals surface area contributed by atoms with Gasteiger partial charge in [0.15, 0.2) is 0 Å². The van der Waals surface area contributed by atoms with Crippen LogP contribution in [-0.4, -0.2) is 15.4 Å². The van der Waals surface area contributed by atoms with Crippen molar-refractivity contribution in [2.75, 3.05) is 0 Å². The van der Waals surface area contributed by atoms with E-state index in [1.54, 1.807) is 41.8 Å². The number of nitrogens with zero attached hydrogens (tertiary/aromatic N) is 2. The zero-order chi connectivity index (χ0) is 19.7. The Morgan fingerprint density at radius 1 is 0.964 bits per heavy atom. The number of aromatic hydroxyl groups is 1. The number of hydrogen-bond donors (Lipinski definition) is 1. The van der Waals surface area contributed by atoms with Gasteiger partial charge in [0.05, 0.1) is 16.9 Å². The summed E-state index contributed by atoms with van der Waals surface area (Å²) in [5.74, 6) is -0.0731. The van der Waals surface area contributed by atoms with Crippen LogP contribution in [0.5, 0.6) is 5.75 Å². The zero-order valence-electron chi connectivity index (χ0n) is 15.1. The van der Waals surface area contributed by atoms with Crippen LogP contribution in [-0.2, 0) is 0 Å². The molecule has 0 spiro atoms. The smallest absolute Gasteiger partial charge is 0.268 e. The fraction of sp³-hybridized carbons (Fsp3) is 0.0435. The summed E-state index contributed by atoms with van der Waals surface area (Å²) >= 11 is 6.04. The largest absolute Gasteiger partial charge is 0.506 e. The van der Waals surface area contributed by atoms with Gasteiger partial charge in [-0.05, 0) is 49.4 Å². The van der Waals surface area contributed by atoms with Crippen LogP contribution in [0.4, 0.5) is 5.69 Å². The van der Waals surface area contributed by atoms with Gasteiger partial charge in [-0.3, -0.25) is 14.4 Å². The number of halogens is 1. The average Bonchev–Trinajstić information content (AvgIpc) is 2.69. The molecule has 0 amide bonds. The van der Waals surface area contributed by atoms with Gasteiger partial charge in [-0.15, -0.1) is 0 Å². The number of aliphatic imine (C=N–C) groups is 1. The molecule has 0 aliphatic carbocycles. The van der Waals surface area contributed by atoms with Crippen LogP contribution >= 0.6 is 11.6 Å². The molecule has 0 fully saturated rings. The highest BCUT2D eigenvalue weighted by atomic mass is 35.5. The maximum atomic E-state index is 13.4. The molecule has 0 bridgehead atoms. The van der Waals surface area contributed by atoms with Crippen molar-refractivity contribution in [1.29, 1.82) is 0 Å². The molecule has 0 atom stereocenters. The second-order valence-electron chi connectivity index (χ2n) is 6.39. The Hall–Kier alpha value is -3.37. The zero-order valence-corrected chi connectivity index (χ0v) is 15.9. The van der Waals surface area contributed by atoms with Crippen molar-refractivity contribution in [2.45, 2.75) is 6.92 Å². The van der Waals surface area contributed by atoms with E-state index in [9.17, 15) is 9.90 Å². The van der Waals surface area contributed by atoms with Crippen LogP contribution in [0.15, 0.2) is 88.6 Å². The first kappa shape index (κ1) is 18.0. The Morgan fingerprint density at radius 2 is 1.68 bits per heavy atom. The van der Waals surface area contributed by atoms with Gasteiger partial charge in [0, 0.05) is 16.1 Å². The Bertz CT molecular complexity index is 1260. The molecule has 0 unspecified atom stereocenters. The van der Waals surface area contributed by atoms with E-state index in [0.717, 1.165) is 5.69 Å². The molecular formula is C23H17ClN2O2. The van der Waals surface area contributed by atoms with Crippen molar-refractivity contribution >= 4 is 33.9 Å². The van der Waals surface area contributed by atoms with Gasteiger partial charge in [0.1, 0.15) is 11.3 Å². The number of fused-ring (bicyclic) bond motifs is 1.